The molecule has 0 heterocycles. The van der Waals surface area contributed by atoms with Gasteiger partial charge in [0.05, 0.1) is 12.0 Å². The molecule has 1 saturated carbocycles. The van der Waals surface area contributed by atoms with Gasteiger partial charge in [-0.25, -0.2) is 0 Å². The van der Waals surface area contributed by atoms with E-state index in [0.717, 1.165) is 12.3 Å². The van der Waals surface area contributed by atoms with Crippen molar-refractivity contribution in [3.05, 3.63) is 23.8 Å². The van der Waals surface area contributed by atoms with Crippen molar-refractivity contribution in [1.82, 2.24) is 0 Å². The molecule has 1 fully saturated rings. The molecule has 2 rings (SSSR count). The maximum Gasteiger partial charge on any atom is 0.132 e. The van der Waals surface area contributed by atoms with Gasteiger partial charge in [0.2, 0.25) is 0 Å². The molecule has 82 valence electrons. The Morgan fingerprint density at radius 3 is 2.67 bits per heavy atom. The number of hydrogen-bond donors (Lipinski definition) is 1. The van der Waals surface area contributed by atoms with E-state index in [1.54, 1.807) is 18.9 Å². The lowest BCUT2D eigenvalue weighted by Gasteiger charge is -2.18. The molecule has 3 heteroatoms. The Morgan fingerprint density at radius 2 is 2.20 bits per heavy atom. The van der Waals surface area contributed by atoms with Crippen molar-refractivity contribution in [3.63, 3.8) is 0 Å². The maximum atomic E-state index is 5.87. The highest BCUT2D eigenvalue weighted by Crippen LogP contribution is 2.51. The molecule has 2 N–H and O–H groups in total. The highest BCUT2D eigenvalue weighted by Gasteiger charge is 2.44. The quantitative estimate of drug-likeness (QED) is 0.796. The Balaban J connectivity index is 2.47. The minimum atomic E-state index is 0.243. The summed E-state index contributed by atoms with van der Waals surface area (Å²) >= 11 is 1.75. The van der Waals surface area contributed by atoms with Crippen molar-refractivity contribution < 1.29 is 4.74 Å². The fraction of sp³-hybridized carbons (Fsp3) is 0.500. The first kappa shape index (κ1) is 10.8. The number of methoxy groups -OCH3 is 1. The largest absolute Gasteiger partial charge is 0.496 e. The van der Waals surface area contributed by atoms with Gasteiger partial charge in [0.15, 0.2) is 0 Å². The van der Waals surface area contributed by atoms with Gasteiger partial charge in [-0.1, -0.05) is 12.1 Å². The highest BCUT2D eigenvalue weighted by atomic mass is 32.2. The third kappa shape index (κ3) is 1.74. The van der Waals surface area contributed by atoms with Gasteiger partial charge in [0.1, 0.15) is 5.75 Å². The summed E-state index contributed by atoms with van der Waals surface area (Å²) in [6.45, 7) is 0.744. The molecule has 2 nitrogen and oxygen atoms in total. The van der Waals surface area contributed by atoms with Gasteiger partial charge in [-0.15, -0.1) is 11.8 Å². The Morgan fingerprint density at radius 1 is 1.47 bits per heavy atom. The minimum Gasteiger partial charge on any atom is -0.496 e. The highest BCUT2D eigenvalue weighted by molar-refractivity contribution is 7.98. The normalized spacial score (nSPS) is 17.5. The lowest BCUT2D eigenvalue weighted by atomic mass is 9.96. The first-order valence-electron chi connectivity index (χ1n) is 5.19. The van der Waals surface area contributed by atoms with Crippen LogP contribution in [0.15, 0.2) is 23.1 Å². The van der Waals surface area contributed by atoms with Gasteiger partial charge < -0.3 is 10.5 Å². The standard InChI is InChI=1S/C12H17NOS/c1-14-10-5-3-4-9(11(10)15-2)12(8-13)6-7-12/h3-5H,6-8,13H2,1-2H3. The number of ether oxygens (including phenoxy) is 1. The summed E-state index contributed by atoms with van der Waals surface area (Å²) < 4.78 is 5.38. The van der Waals surface area contributed by atoms with Crippen LogP contribution < -0.4 is 10.5 Å². The topological polar surface area (TPSA) is 35.2 Å². The summed E-state index contributed by atoms with van der Waals surface area (Å²) in [5.74, 6) is 0.972. The second-order valence-electron chi connectivity index (χ2n) is 4.03. The second-order valence-corrected chi connectivity index (χ2v) is 4.84. The van der Waals surface area contributed by atoms with E-state index in [2.05, 4.69) is 18.4 Å². The fourth-order valence-electron chi connectivity index (χ4n) is 2.04. The van der Waals surface area contributed by atoms with E-state index in [-0.39, 0.29) is 5.41 Å². The molecule has 0 bridgehead atoms. The molecule has 0 aromatic heterocycles. The molecule has 0 saturated heterocycles. The van der Waals surface area contributed by atoms with E-state index in [1.165, 1.54) is 23.3 Å². The fourth-order valence-corrected chi connectivity index (χ4v) is 2.90. The van der Waals surface area contributed by atoms with Crippen LogP contribution in [-0.4, -0.2) is 19.9 Å². The average molecular weight is 223 g/mol. The van der Waals surface area contributed by atoms with Crippen LogP contribution >= 0.6 is 11.8 Å². The van der Waals surface area contributed by atoms with Crippen LogP contribution in [0.2, 0.25) is 0 Å². The molecule has 1 aromatic carbocycles. The molecule has 15 heavy (non-hydrogen) atoms. The predicted octanol–water partition coefficient (Wildman–Crippen LogP) is 2.41. The van der Waals surface area contributed by atoms with Crippen LogP contribution in [0.3, 0.4) is 0 Å². The van der Waals surface area contributed by atoms with Crippen molar-refractivity contribution in [2.24, 2.45) is 5.73 Å². The first-order chi connectivity index (χ1) is 7.27. The van der Waals surface area contributed by atoms with Crippen LogP contribution in [0.5, 0.6) is 5.75 Å². The SMILES string of the molecule is COc1cccc(C2(CN)CC2)c1SC. The lowest BCUT2D eigenvalue weighted by molar-refractivity contribution is 0.402. The zero-order valence-corrected chi connectivity index (χ0v) is 10.1. The minimum absolute atomic E-state index is 0.243. The third-order valence-electron chi connectivity index (χ3n) is 3.22. The van der Waals surface area contributed by atoms with Crippen LogP contribution in [-0.2, 0) is 5.41 Å². The summed E-state index contributed by atoms with van der Waals surface area (Å²) in [6, 6.07) is 6.26. The lowest BCUT2D eigenvalue weighted by Crippen LogP contribution is -2.20. The van der Waals surface area contributed by atoms with E-state index in [0.29, 0.717) is 0 Å². The Bertz CT molecular complexity index is 361. The van der Waals surface area contributed by atoms with Crippen molar-refractivity contribution in [2.45, 2.75) is 23.2 Å². The molecular formula is C12H17NOS. The zero-order chi connectivity index (χ0) is 10.9. The molecular weight excluding hydrogens is 206 g/mol. The van der Waals surface area contributed by atoms with Crippen molar-refractivity contribution in [2.75, 3.05) is 19.9 Å². The number of benzene rings is 1. The number of hydrogen-bond acceptors (Lipinski definition) is 3. The molecule has 0 spiro atoms. The van der Waals surface area contributed by atoms with Crippen molar-refractivity contribution >= 4 is 11.8 Å². The molecule has 1 aromatic rings. The summed E-state index contributed by atoms with van der Waals surface area (Å²) in [6.07, 6.45) is 4.52. The second kappa shape index (κ2) is 4.06. The average Bonchev–Trinajstić information content (AvgIpc) is 3.08. The summed E-state index contributed by atoms with van der Waals surface area (Å²) in [4.78, 5) is 1.25. The molecule has 0 aliphatic heterocycles. The smallest absolute Gasteiger partial charge is 0.132 e. The van der Waals surface area contributed by atoms with Gasteiger partial charge in [0.25, 0.3) is 0 Å². The first-order valence-corrected chi connectivity index (χ1v) is 6.41. The maximum absolute atomic E-state index is 5.87. The van der Waals surface area contributed by atoms with Gasteiger partial charge in [-0.3, -0.25) is 0 Å². The predicted molar refractivity (Wildman–Crippen MR) is 64.7 cm³/mol. The molecule has 1 aliphatic rings. The number of nitrogens with two attached hydrogens (primary N) is 1. The Labute approximate surface area is 95.2 Å². The van der Waals surface area contributed by atoms with E-state index in [4.69, 9.17) is 10.5 Å². The molecule has 0 radical (unpaired) electrons. The van der Waals surface area contributed by atoms with Crippen LogP contribution in [0.25, 0.3) is 0 Å². The van der Waals surface area contributed by atoms with Crippen LogP contribution in [0, 0.1) is 0 Å². The number of rotatable bonds is 4. The van der Waals surface area contributed by atoms with Gasteiger partial charge in [0, 0.05) is 12.0 Å². The van der Waals surface area contributed by atoms with Crippen LogP contribution in [0.1, 0.15) is 18.4 Å². The van der Waals surface area contributed by atoms with Crippen LogP contribution in [0.4, 0.5) is 0 Å². The zero-order valence-electron chi connectivity index (χ0n) is 9.25. The molecule has 1 aliphatic carbocycles. The van der Waals surface area contributed by atoms with E-state index in [1.807, 2.05) is 6.07 Å². The van der Waals surface area contributed by atoms with E-state index >= 15 is 0 Å². The van der Waals surface area contributed by atoms with E-state index < -0.39 is 0 Å². The number of thioether (sulfide) groups is 1. The summed E-state index contributed by atoms with van der Waals surface area (Å²) in [5.41, 5.74) is 7.48. The van der Waals surface area contributed by atoms with Crippen molar-refractivity contribution in [3.8, 4) is 5.75 Å². The summed E-state index contributed by atoms with van der Waals surface area (Å²) in [5, 5.41) is 0. The van der Waals surface area contributed by atoms with Crippen molar-refractivity contribution in [1.29, 1.82) is 0 Å². The monoisotopic (exact) mass is 223 g/mol. The van der Waals surface area contributed by atoms with Gasteiger partial charge in [-0.2, -0.15) is 0 Å². The molecule has 0 atom stereocenters. The molecule has 0 amide bonds. The van der Waals surface area contributed by atoms with Gasteiger partial charge >= 0.3 is 0 Å². The third-order valence-corrected chi connectivity index (χ3v) is 4.05. The molecule has 0 unspecified atom stereocenters. The van der Waals surface area contributed by atoms with Gasteiger partial charge in [-0.05, 0) is 30.7 Å². The summed E-state index contributed by atoms with van der Waals surface area (Å²) in [7, 11) is 1.72. The van der Waals surface area contributed by atoms with E-state index in [9.17, 15) is 0 Å². The Kier molecular flexibility index (Phi) is 2.94. The Hall–Kier alpha value is -0.670.